The Hall–Kier alpha value is -3.78. The van der Waals surface area contributed by atoms with Crippen molar-refractivity contribution in [2.75, 3.05) is 12.1 Å². The van der Waals surface area contributed by atoms with Gasteiger partial charge in [0.15, 0.2) is 11.5 Å². The largest absolute Gasteiger partial charge is 0.454 e. The van der Waals surface area contributed by atoms with Crippen molar-refractivity contribution in [3.63, 3.8) is 0 Å². The van der Waals surface area contributed by atoms with Gasteiger partial charge >= 0.3 is 0 Å². The molecule has 2 heterocycles. The van der Waals surface area contributed by atoms with Crippen molar-refractivity contribution >= 4 is 23.4 Å². The quantitative estimate of drug-likeness (QED) is 0.430. The molecular weight excluding hydrogens is 414 g/mol. The Labute approximate surface area is 182 Å². The maximum atomic E-state index is 12.5. The molecule has 0 saturated heterocycles. The number of hydrogen-bond acceptors (Lipinski definition) is 7. The number of rotatable bonds is 6. The van der Waals surface area contributed by atoms with Gasteiger partial charge in [0.2, 0.25) is 18.6 Å². The van der Waals surface area contributed by atoms with Crippen LogP contribution in [0.4, 0.5) is 5.69 Å². The summed E-state index contributed by atoms with van der Waals surface area (Å²) >= 11 is 1.58. The van der Waals surface area contributed by atoms with E-state index in [2.05, 4.69) is 15.5 Å². The highest BCUT2D eigenvalue weighted by molar-refractivity contribution is 7.98. The molecule has 0 saturated carbocycles. The average Bonchev–Trinajstić information content (AvgIpc) is 3.48. The van der Waals surface area contributed by atoms with E-state index in [1.54, 1.807) is 30.0 Å². The number of carbonyl (C=O) groups is 1. The zero-order valence-electron chi connectivity index (χ0n) is 16.3. The molecule has 0 bridgehead atoms. The van der Waals surface area contributed by atoms with Crippen LogP contribution in [0.25, 0.3) is 11.5 Å². The Morgan fingerprint density at radius 2 is 1.74 bits per heavy atom. The lowest BCUT2D eigenvalue weighted by molar-refractivity contribution is 0.102. The standard InChI is InChI=1S/C23H17N3O4S/c27-22(16-6-11-19-20(12-16)29-14-28-19)24-17-7-9-18(10-8-17)31-13-21-25-26-23(30-21)15-4-2-1-3-5-15/h1-12H,13-14H2,(H,24,27). The molecule has 8 heteroatoms. The first-order chi connectivity index (χ1) is 15.2. The zero-order chi connectivity index (χ0) is 21.0. The van der Waals surface area contributed by atoms with Crippen LogP contribution in [0.1, 0.15) is 16.2 Å². The topological polar surface area (TPSA) is 86.5 Å². The number of nitrogens with one attached hydrogen (secondary N) is 1. The second-order valence-electron chi connectivity index (χ2n) is 6.70. The zero-order valence-corrected chi connectivity index (χ0v) is 17.1. The fraction of sp³-hybridized carbons (Fsp3) is 0.0870. The lowest BCUT2D eigenvalue weighted by atomic mass is 10.2. The second kappa shape index (κ2) is 8.53. The van der Waals surface area contributed by atoms with Gasteiger partial charge in [-0.3, -0.25) is 4.79 Å². The average molecular weight is 431 g/mol. The first-order valence-electron chi connectivity index (χ1n) is 9.56. The van der Waals surface area contributed by atoms with Gasteiger partial charge in [0.25, 0.3) is 5.91 Å². The minimum absolute atomic E-state index is 0.177. The molecule has 1 aliphatic heterocycles. The number of carbonyl (C=O) groups excluding carboxylic acids is 1. The summed E-state index contributed by atoms with van der Waals surface area (Å²) in [5, 5.41) is 11.1. The van der Waals surface area contributed by atoms with Gasteiger partial charge in [-0.1, -0.05) is 18.2 Å². The highest BCUT2D eigenvalue weighted by atomic mass is 32.2. The lowest BCUT2D eigenvalue weighted by Crippen LogP contribution is -2.11. The molecule has 31 heavy (non-hydrogen) atoms. The van der Waals surface area contributed by atoms with Crippen LogP contribution in [0.15, 0.2) is 82.1 Å². The molecule has 1 amide bonds. The minimum atomic E-state index is -0.210. The normalized spacial score (nSPS) is 12.0. The van der Waals surface area contributed by atoms with Gasteiger partial charge < -0.3 is 19.2 Å². The lowest BCUT2D eigenvalue weighted by Gasteiger charge is -2.07. The minimum Gasteiger partial charge on any atom is -0.454 e. The van der Waals surface area contributed by atoms with E-state index in [9.17, 15) is 4.79 Å². The fourth-order valence-electron chi connectivity index (χ4n) is 3.03. The van der Waals surface area contributed by atoms with Crippen molar-refractivity contribution in [1.82, 2.24) is 10.2 Å². The third-order valence-corrected chi connectivity index (χ3v) is 5.59. The van der Waals surface area contributed by atoms with Gasteiger partial charge in [-0.15, -0.1) is 22.0 Å². The number of hydrogen-bond donors (Lipinski definition) is 1. The molecule has 7 nitrogen and oxygen atoms in total. The summed E-state index contributed by atoms with van der Waals surface area (Å²) in [5.41, 5.74) is 2.11. The summed E-state index contributed by atoms with van der Waals surface area (Å²) in [7, 11) is 0. The molecule has 4 aromatic rings. The summed E-state index contributed by atoms with van der Waals surface area (Å²) < 4.78 is 16.3. The van der Waals surface area contributed by atoms with Crippen LogP contribution in [0.5, 0.6) is 11.5 Å². The summed E-state index contributed by atoms with van der Waals surface area (Å²) in [6.07, 6.45) is 0. The summed E-state index contributed by atoms with van der Waals surface area (Å²) in [6.45, 7) is 0.177. The number of fused-ring (bicyclic) bond motifs is 1. The monoisotopic (exact) mass is 431 g/mol. The van der Waals surface area contributed by atoms with E-state index in [0.717, 1.165) is 10.5 Å². The maximum absolute atomic E-state index is 12.5. The van der Waals surface area contributed by atoms with Gasteiger partial charge in [0.1, 0.15) is 0 Å². The Kier molecular flexibility index (Phi) is 5.28. The molecule has 1 aliphatic rings. The number of aromatic nitrogens is 2. The van der Waals surface area contributed by atoms with Crippen molar-refractivity contribution in [2.24, 2.45) is 0 Å². The number of ether oxygens (including phenoxy) is 2. The number of amides is 1. The van der Waals surface area contributed by atoms with Crippen LogP contribution in [-0.2, 0) is 5.75 Å². The highest BCUT2D eigenvalue weighted by Crippen LogP contribution is 2.33. The van der Waals surface area contributed by atoms with E-state index >= 15 is 0 Å². The third kappa shape index (κ3) is 4.39. The molecule has 3 aromatic carbocycles. The predicted octanol–water partition coefficient (Wildman–Crippen LogP) is 5.01. The molecule has 0 fully saturated rings. The van der Waals surface area contributed by atoms with Crippen molar-refractivity contribution in [3.05, 3.63) is 84.3 Å². The predicted molar refractivity (Wildman–Crippen MR) is 116 cm³/mol. The highest BCUT2D eigenvalue weighted by Gasteiger charge is 2.16. The van der Waals surface area contributed by atoms with Crippen LogP contribution in [0, 0.1) is 0 Å². The Morgan fingerprint density at radius 3 is 2.58 bits per heavy atom. The van der Waals surface area contributed by atoms with Crippen LogP contribution in [0.3, 0.4) is 0 Å². The molecule has 0 atom stereocenters. The van der Waals surface area contributed by atoms with Gasteiger partial charge in [0, 0.05) is 21.7 Å². The molecule has 0 radical (unpaired) electrons. The van der Waals surface area contributed by atoms with Crippen molar-refractivity contribution in [3.8, 4) is 23.0 Å². The molecule has 1 N–H and O–H groups in total. The van der Waals surface area contributed by atoms with E-state index in [0.29, 0.717) is 40.3 Å². The Morgan fingerprint density at radius 1 is 0.935 bits per heavy atom. The molecule has 1 aromatic heterocycles. The van der Waals surface area contributed by atoms with Crippen LogP contribution in [0.2, 0.25) is 0 Å². The smallest absolute Gasteiger partial charge is 0.255 e. The Balaban J connectivity index is 1.18. The van der Waals surface area contributed by atoms with Gasteiger partial charge in [-0.25, -0.2) is 0 Å². The Bertz CT molecular complexity index is 1210. The SMILES string of the molecule is O=C(Nc1ccc(SCc2nnc(-c3ccccc3)o2)cc1)c1ccc2c(c1)OCO2. The second-order valence-corrected chi connectivity index (χ2v) is 7.75. The molecule has 5 rings (SSSR count). The van der Waals surface area contributed by atoms with Gasteiger partial charge in [-0.2, -0.15) is 0 Å². The van der Waals surface area contributed by atoms with Gasteiger partial charge in [0.05, 0.1) is 5.75 Å². The fourth-order valence-corrected chi connectivity index (χ4v) is 3.77. The van der Waals surface area contributed by atoms with E-state index in [4.69, 9.17) is 13.9 Å². The van der Waals surface area contributed by atoms with Crippen LogP contribution < -0.4 is 14.8 Å². The van der Waals surface area contributed by atoms with Gasteiger partial charge in [-0.05, 0) is 54.6 Å². The maximum Gasteiger partial charge on any atom is 0.255 e. The number of thioether (sulfide) groups is 1. The third-order valence-electron chi connectivity index (χ3n) is 4.60. The van der Waals surface area contributed by atoms with E-state index in [1.807, 2.05) is 54.6 Å². The number of anilines is 1. The summed E-state index contributed by atoms with van der Waals surface area (Å²) in [4.78, 5) is 13.5. The van der Waals surface area contributed by atoms with E-state index in [1.165, 1.54) is 0 Å². The van der Waals surface area contributed by atoms with Crippen molar-refractivity contribution in [2.45, 2.75) is 10.6 Å². The molecule has 154 valence electrons. The van der Waals surface area contributed by atoms with Crippen LogP contribution >= 0.6 is 11.8 Å². The van der Waals surface area contributed by atoms with Crippen molar-refractivity contribution in [1.29, 1.82) is 0 Å². The van der Waals surface area contributed by atoms with E-state index in [-0.39, 0.29) is 12.7 Å². The van der Waals surface area contributed by atoms with Crippen LogP contribution in [-0.4, -0.2) is 22.9 Å². The first-order valence-corrected chi connectivity index (χ1v) is 10.5. The summed E-state index contributed by atoms with van der Waals surface area (Å²) in [5.74, 6) is 2.65. The first kappa shape index (κ1) is 19.2. The molecule has 0 unspecified atom stereocenters. The molecule has 0 spiro atoms. The summed E-state index contributed by atoms with van der Waals surface area (Å²) in [6, 6.07) is 22.4. The van der Waals surface area contributed by atoms with Crippen molar-refractivity contribution < 1.29 is 18.7 Å². The molecule has 0 aliphatic carbocycles. The van der Waals surface area contributed by atoms with E-state index < -0.39 is 0 Å². The molecular formula is C23H17N3O4S. The number of nitrogens with zero attached hydrogens (tertiary/aromatic N) is 2. The number of benzene rings is 3.